The third-order valence-electron chi connectivity index (χ3n) is 8.08. The number of hydrogen-bond donors (Lipinski definition) is 4. The van der Waals surface area contributed by atoms with Crippen LogP contribution in [0.3, 0.4) is 0 Å². The summed E-state index contributed by atoms with van der Waals surface area (Å²) in [6, 6.07) is 25.8. The van der Waals surface area contributed by atoms with Gasteiger partial charge in [-0.15, -0.1) is 0 Å². The van der Waals surface area contributed by atoms with Crippen LogP contribution in [0.4, 0.5) is 17.1 Å². The molecular weight excluding hydrogens is 512 g/mol. The normalized spacial score (nSPS) is 17.2. The van der Waals surface area contributed by atoms with Crippen molar-refractivity contribution in [3.8, 4) is 16.8 Å². The van der Waals surface area contributed by atoms with E-state index in [1.165, 1.54) is 5.56 Å². The Labute approximate surface area is 240 Å². The molecule has 2 aliphatic heterocycles. The largest absolute Gasteiger partial charge is 0.392 e. The average molecular weight is 549 g/mol. The summed E-state index contributed by atoms with van der Waals surface area (Å²) in [4.78, 5) is 18.5. The number of nitrogens with one attached hydrogen (secondary N) is 2. The van der Waals surface area contributed by atoms with E-state index in [1.807, 2.05) is 42.6 Å². The van der Waals surface area contributed by atoms with Crippen molar-refractivity contribution in [2.75, 3.05) is 36.4 Å². The van der Waals surface area contributed by atoms with Crippen LogP contribution < -0.4 is 21.5 Å². The number of hydrogen-bond acceptors (Lipinski definition) is 6. The van der Waals surface area contributed by atoms with E-state index in [-0.39, 0.29) is 17.5 Å². The second kappa shape index (κ2) is 11.6. The SMILES string of the molecule is N=C(N)c1cccc(Nc2c(N3CCCC3)ccn(-c3ccc(-c4ccccc4CN4CC[C@@H](O)C4)cc3)c2=O)c1. The number of aliphatic hydroxyl groups excluding tert-OH is 1. The van der Waals surface area contributed by atoms with Crippen LogP contribution in [-0.4, -0.2) is 52.7 Å². The number of pyridine rings is 1. The first-order valence-electron chi connectivity index (χ1n) is 14.3. The van der Waals surface area contributed by atoms with Gasteiger partial charge in [-0.25, -0.2) is 0 Å². The van der Waals surface area contributed by atoms with E-state index in [1.54, 1.807) is 16.7 Å². The predicted octanol–water partition coefficient (Wildman–Crippen LogP) is 4.70. The van der Waals surface area contributed by atoms with Crippen molar-refractivity contribution in [1.82, 2.24) is 9.47 Å². The summed E-state index contributed by atoms with van der Waals surface area (Å²) in [7, 11) is 0. The summed E-state index contributed by atoms with van der Waals surface area (Å²) >= 11 is 0. The van der Waals surface area contributed by atoms with Crippen molar-refractivity contribution in [3.05, 3.63) is 107 Å². The van der Waals surface area contributed by atoms with E-state index in [9.17, 15) is 9.90 Å². The molecular formula is C33H36N6O2. The molecule has 1 atom stereocenters. The van der Waals surface area contributed by atoms with Gasteiger partial charge in [-0.05, 0) is 66.3 Å². The van der Waals surface area contributed by atoms with Crippen molar-refractivity contribution in [3.63, 3.8) is 0 Å². The van der Waals surface area contributed by atoms with Gasteiger partial charge in [0, 0.05) is 55.9 Å². The number of likely N-dealkylation sites (tertiary alicyclic amines) is 1. The topological polar surface area (TPSA) is 111 Å². The van der Waals surface area contributed by atoms with E-state index in [0.29, 0.717) is 23.5 Å². The highest BCUT2D eigenvalue weighted by Crippen LogP contribution is 2.31. The van der Waals surface area contributed by atoms with E-state index in [4.69, 9.17) is 11.1 Å². The Hall–Kier alpha value is -4.40. The minimum atomic E-state index is -0.242. The number of nitrogens with zero attached hydrogens (tertiary/aromatic N) is 3. The van der Waals surface area contributed by atoms with Gasteiger partial charge in [0.25, 0.3) is 5.56 Å². The van der Waals surface area contributed by atoms with Crippen molar-refractivity contribution < 1.29 is 5.11 Å². The van der Waals surface area contributed by atoms with Crippen LogP contribution in [0.1, 0.15) is 30.4 Å². The molecule has 4 aromatic rings. The smallest absolute Gasteiger partial charge is 0.280 e. The van der Waals surface area contributed by atoms with Crippen molar-refractivity contribution in [2.24, 2.45) is 5.73 Å². The van der Waals surface area contributed by atoms with Gasteiger partial charge >= 0.3 is 0 Å². The highest BCUT2D eigenvalue weighted by Gasteiger charge is 2.22. The number of nitrogens with two attached hydrogens (primary N) is 1. The molecule has 2 aliphatic rings. The summed E-state index contributed by atoms with van der Waals surface area (Å²) in [6.45, 7) is 4.23. The van der Waals surface area contributed by atoms with Crippen molar-refractivity contribution in [2.45, 2.75) is 31.9 Å². The van der Waals surface area contributed by atoms with E-state index < -0.39 is 0 Å². The summed E-state index contributed by atoms with van der Waals surface area (Å²) in [6.07, 6.45) is 4.64. The molecule has 5 N–H and O–H groups in total. The number of anilines is 3. The zero-order chi connectivity index (χ0) is 28.3. The number of rotatable bonds is 8. The Morgan fingerprint density at radius 3 is 2.49 bits per heavy atom. The third kappa shape index (κ3) is 5.75. The number of benzene rings is 3. The number of β-amino-alcohol motifs (C(OH)–C–C–N with tert-alkyl or cyclic N) is 1. The second-order valence-electron chi connectivity index (χ2n) is 10.9. The van der Waals surface area contributed by atoms with Gasteiger partial charge in [-0.3, -0.25) is 19.7 Å². The van der Waals surface area contributed by atoms with Crippen molar-refractivity contribution >= 4 is 22.9 Å². The fraction of sp³-hybridized carbons (Fsp3) is 0.273. The first kappa shape index (κ1) is 26.8. The number of aliphatic hydroxyl groups is 1. The molecule has 2 saturated heterocycles. The maximum atomic E-state index is 14.0. The molecule has 2 fully saturated rings. The lowest BCUT2D eigenvalue weighted by molar-refractivity contribution is 0.175. The molecule has 0 aliphatic carbocycles. The monoisotopic (exact) mass is 548 g/mol. The summed E-state index contributed by atoms with van der Waals surface area (Å²) < 4.78 is 1.68. The van der Waals surface area contributed by atoms with Crippen LogP contribution >= 0.6 is 0 Å². The number of aromatic nitrogens is 1. The van der Waals surface area contributed by atoms with Crippen molar-refractivity contribution in [1.29, 1.82) is 5.41 Å². The van der Waals surface area contributed by atoms with Crippen LogP contribution in [0.5, 0.6) is 0 Å². The molecule has 0 radical (unpaired) electrons. The van der Waals surface area contributed by atoms with E-state index >= 15 is 0 Å². The summed E-state index contributed by atoms with van der Waals surface area (Å²) in [5.74, 6) is -0.0152. The van der Waals surface area contributed by atoms with Gasteiger partial charge in [0.15, 0.2) is 0 Å². The minimum Gasteiger partial charge on any atom is -0.392 e. The van der Waals surface area contributed by atoms with E-state index in [2.05, 4.69) is 45.4 Å². The maximum absolute atomic E-state index is 14.0. The zero-order valence-corrected chi connectivity index (χ0v) is 23.1. The highest BCUT2D eigenvalue weighted by molar-refractivity contribution is 5.96. The molecule has 3 aromatic carbocycles. The Kier molecular flexibility index (Phi) is 7.59. The Morgan fingerprint density at radius 2 is 1.76 bits per heavy atom. The lowest BCUT2D eigenvalue weighted by Crippen LogP contribution is -2.26. The molecule has 8 nitrogen and oxygen atoms in total. The second-order valence-corrected chi connectivity index (χ2v) is 10.9. The highest BCUT2D eigenvalue weighted by atomic mass is 16.3. The van der Waals surface area contributed by atoms with Gasteiger partial charge in [-0.1, -0.05) is 48.5 Å². The summed E-state index contributed by atoms with van der Waals surface area (Å²) in [5, 5.41) is 21.1. The standard InChI is InChI=1S/C33H36N6O2/c34-32(35)24-7-5-8-26(20-24)36-31-30(38-16-3-4-17-38)15-19-39(33(31)41)27-12-10-23(11-13-27)29-9-2-1-6-25(29)21-37-18-14-28(40)22-37/h1-2,5-13,15,19-20,28,36,40H,3-4,14,16-18,21-22H2,(H3,34,35)/t28-/m1/s1. The van der Waals surface area contributed by atoms with Gasteiger partial charge < -0.3 is 21.1 Å². The minimum absolute atomic E-state index is 0.0152. The molecule has 0 spiro atoms. The van der Waals surface area contributed by atoms with Crippen LogP contribution in [0.25, 0.3) is 16.8 Å². The fourth-order valence-electron chi connectivity index (χ4n) is 5.92. The number of amidine groups is 1. The quantitative estimate of drug-likeness (QED) is 0.188. The lowest BCUT2D eigenvalue weighted by Gasteiger charge is -2.23. The zero-order valence-electron chi connectivity index (χ0n) is 23.1. The first-order valence-corrected chi connectivity index (χ1v) is 14.3. The van der Waals surface area contributed by atoms with Crippen LogP contribution in [-0.2, 0) is 6.54 Å². The first-order chi connectivity index (χ1) is 20.0. The van der Waals surface area contributed by atoms with Crippen LogP contribution in [0.2, 0.25) is 0 Å². The Balaban J connectivity index is 1.32. The molecule has 0 bridgehead atoms. The summed E-state index contributed by atoms with van der Waals surface area (Å²) in [5.41, 5.74) is 12.5. The van der Waals surface area contributed by atoms with Gasteiger partial charge in [0.2, 0.25) is 0 Å². The lowest BCUT2D eigenvalue weighted by atomic mass is 9.99. The molecule has 41 heavy (non-hydrogen) atoms. The Bertz CT molecular complexity index is 1610. The predicted molar refractivity (Wildman–Crippen MR) is 166 cm³/mol. The van der Waals surface area contributed by atoms with Crippen LogP contribution in [0.15, 0.2) is 89.9 Å². The molecule has 1 aromatic heterocycles. The molecule has 210 valence electrons. The average Bonchev–Trinajstić information content (AvgIpc) is 3.67. The maximum Gasteiger partial charge on any atom is 0.280 e. The van der Waals surface area contributed by atoms with Gasteiger partial charge in [0.05, 0.1) is 11.8 Å². The number of nitrogen functional groups attached to an aromatic ring is 1. The van der Waals surface area contributed by atoms with Gasteiger partial charge in [-0.2, -0.15) is 0 Å². The van der Waals surface area contributed by atoms with Crippen LogP contribution in [0, 0.1) is 5.41 Å². The fourth-order valence-corrected chi connectivity index (χ4v) is 5.92. The molecule has 0 saturated carbocycles. The molecule has 6 rings (SSSR count). The third-order valence-corrected chi connectivity index (χ3v) is 8.08. The Morgan fingerprint density at radius 1 is 0.976 bits per heavy atom. The van der Waals surface area contributed by atoms with Gasteiger partial charge in [0.1, 0.15) is 11.5 Å². The molecule has 0 amide bonds. The van der Waals surface area contributed by atoms with E-state index in [0.717, 1.165) is 67.9 Å². The molecule has 8 heteroatoms. The molecule has 0 unspecified atom stereocenters. The molecule has 3 heterocycles.